The number of thioether (sulfide) groups is 1. The molecule has 0 atom stereocenters. The lowest BCUT2D eigenvalue weighted by Gasteiger charge is -2.02. The van der Waals surface area contributed by atoms with Crippen molar-refractivity contribution >= 4 is 29.1 Å². The van der Waals surface area contributed by atoms with E-state index in [0.29, 0.717) is 9.92 Å². The van der Waals surface area contributed by atoms with Crippen molar-refractivity contribution in [2.45, 2.75) is 11.8 Å². The van der Waals surface area contributed by atoms with Gasteiger partial charge in [0.2, 0.25) is 0 Å². The number of nitro benzene ring substituents is 1. The van der Waals surface area contributed by atoms with Crippen molar-refractivity contribution in [1.82, 2.24) is 0 Å². The molecule has 0 saturated heterocycles. The zero-order chi connectivity index (χ0) is 9.84. The van der Waals surface area contributed by atoms with E-state index in [9.17, 15) is 10.1 Å². The molecule has 0 radical (unpaired) electrons. The van der Waals surface area contributed by atoms with Gasteiger partial charge in [0, 0.05) is 6.07 Å². The molecule has 1 aromatic carbocycles. The highest BCUT2D eigenvalue weighted by Crippen LogP contribution is 2.35. The lowest BCUT2D eigenvalue weighted by Crippen LogP contribution is -1.91. The number of halogens is 1. The third-order valence-corrected chi connectivity index (χ3v) is 2.86. The van der Waals surface area contributed by atoms with Gasteiger partial charge in [0.15, 0.2) is 0 Å². The first kappa shape index (κ1) is 10.3. The molecule has 0 aromatic heterocycles. The summed E-state index contributed by atoms with van der Waals surface area (Å²) in [6, 6.07) is 4.70. The van der Waals surface area contributed by atoms with E-state index >= 15 is 0 Å². The maximum absolute atomic E-state index is 10.6. The minimum Gasteiger partial charge on any atom is -0.258 e. The highest BCUT2D eigenvalue weighted by atomic mass is 35.5. The van der Waals surface area contributed by atoms with Crippen LogP contribution < -0.4 is 0 Å². The van der Waals surface area contributed by atoms with Gasteiger partial charge in [-0.25, -0.2) is 0 Å². The first-order valence-corrected chi connectivity index (χ1v) is 5.09. The van der Waals surface area contributed by atoms with E-state index in [1.54, 1.807) is 12.1 Å². The van der Waals surface area contributed by atoms with Crippen LogP contribution in [0.4, 0.5) is 5.69 Å². The van der Waals surface area contributed by atoms with Crippen molar-refractivity contribution in [2.75, 3.05) is 5.75 Å². The van der Waals surface area contributed by atoms with E-state index in [0.717, 1.165) is 5.75 Å². The fraction of sp³-hybridized carbons (Fsp3) is 0.250. The molecular weight excluding hydrogens is 210 g/mol. The largest absolute Gasteiger partial charge is 0.284 e. The summed E-state index contributed by atoms with van der Waals surface area (Å²) in [5.41, 5.74) is 0.0827. The van der Waals surface area contributed by atoms with Crippen molar-refractivity contribution in [3.05, 3.63) is 33.3 Å². The zero-order valence-electron chi connectivity index (χ0n) is 6.99. The van der Waals surface area contributed by atoms with Gasteiger partial charge in [-0.05, 0) is 11.8 Å². The lowest BCUT2D eigenvalue weighted by atomic mass is 10.3. The van der Waals surface area contributed by atoms with Gasteiger partial charge in [0.1, 0.15) is 4.90 Å². The van der Waals surface area contributed by atoms with E-state index in [4.69, 9.17) is 11.6 Å². The summed E-state index contributed by atoms with van der Waals surface area (Å²) >= 11 is 7.21. The molecule has 0 aliphatic carbocycles. The Hall–Kier alpha value is -0.740. The number of benzene rings is 1. The Morgan fingerprint density at radius 2 is 2.31 bits per heavy atom. The average Bonchev–Trinajstić information content (AvgIpc) is 2.08. The summed E-state index contributed by atoms with van der Waals surface area (Å²) in [4.78, 5) is 10.7. The average molecular weight is 218 g/mol. The number of rotatable bonds is 3. The zero-order valence-corrected chi connectivity index (χ0v) is 8.56. The molecule has 5 heteroatoms. The predicted octanol–water partition coefficient (Wildman–Crippen LogP) is 3.36. The van der Waals surface area contributed by atoms with Gasteiger partial charge in [-0.15, -0.1) is 11.8 Å². The van der Waals surface area contributed by atoms with Crippen LogP contribution in [0.25, 0.3) is 0 Å². The van der Waals surface area contributed by atoms with E-state index in [1.165, 1.54) is 17.8 Å². The minimum absolute atomic E-state index is 0.0827. The normalized spacial score (nSPS) is 10.0. The topological polar surface area (TPSA) is 43.1 Å². The molecule has 0 amide bonds. The Labute approximate surface area is 85.2 Å². The summed E-state index contributed by atoms with van der Waals surface area (Å²) in [5.74, 6) is 0.768. The van der Waals surface area contributed by atoms with Crippen molar-refractivity contribution in [1.29, 1.82) is 0 Å². The SMILES string of the molecule is CCSc1c(Cl)cccc1[N+](=O)[O-]. The van der Waals surface area contributed by atoms with Crippen LogP contribution in [0.1, 0.15) is 6.92 Å². The molecule has 0 aliphatic heterocycles. The Morgan fingerprint density at radius 1 is 1.62 bits per heavy atom. The fourth-order valence-electron chi connectivity index (χ4n) is 0.928. The summed E-state index contributed by atoms with van der Waals surface area (Å²) in [5, 5.41) is 11.0. The highest BCUT2D eigenvalue weighted by molar-refractivity contribution is 7.99. The standard InChI is InChI=1S/C8H8ClNO2S/c1-2-13-8-6(9)4-3-5-7(8)10(11)12/h3-5H,2H2,1H3. The Balaban J connectivity index is 3.17. The molecule has 0 N–H and O–H groups in total. The van der Waals surface area contributed by atoms with Crippen LogP contribution in [0.3, 0.4) is 0 Å². The number of nitrogens with zero attached hydrogens (tertiary/aromatic N) is 1. The highest BCUT2D eigenvalue weighted by Gasteiger charge is 2.15. The monoisotopic (exact) mass is 217 g/mol. The number of hydrogen-bond donors (Lipinski definition) is 0. The maximum atomic E-state index is 10.6. The Morgan fingerprint density at radius 3 is 2.85 bits per heavy atom. The molecule has 0 aliphatic rings. The van der Waals surface area contributed by atoms with Crippen LogP contribution in [0.5, 0.6) is 0 Å². The second-order valence-electron chi connectivity index (χ2n) is 2.28. The van der Waals surface area contributed by atoms with Crippen LogP contribution in [0.2, 0.25) is 5.02 Å². The first-order valence-electron chi connectivity index (χ1n) is 3.72. The fourth-order valence-corrected chi connectivity index (χ4v) is 2.05. The van der Waals surface area contributed by atoms with Crippen LogP contribution in [-0.4, -0.2) is 10.7 Å². The number of nitro groups is 1. The Bertz CT molecular complexity index is 330. The van der Waals surface area contributed by atoms with Gasteiger partial charge in [0.05, 0.1) is 9.95 Å². The predicted molar refractivity (Wildman–Crippen MR) is 54.5 cm³/mol. The van der Waals surface area contributed by atoms with Crippen molar-refractivity contribution in [2.24, 2.45) is 0 Å². The third kappa shape index (κ3) is 2.35. The molecule has 1 rings (SSSR count). The third-order valence-electron chi connectivity index (χ3n) is 1.43. The van der Waals surface area contributed by atoms with Crippen LogP contribution >= 0.6 is 23.4 Å². The number of hydrogen-bond acceptors (Lipinski definition) is 3. The van der Waals surface area contributed by atoms with Crippen LogP contribution in [0.15, 0.2) is 23.1 Å². The van der Waals surface area contributed by atoms with Crippen molar-refractivity contribution < 1.29 is 4.92 Å². The van der Waals surface area contributed by atoms with Gasteiger partial charge < -0.3 is 0 Å². The van der Waals surface area contributed by atoms with Gasteiger partial charge in [0.25, 0.3) is 5.69 Å². The molecule has 0 saturated carbocycles. The van der Waals surface area contributed by atoms with E-state index in [1.807, 2.05) is 6.92 Å². The summed E-state index contributed by atoms with van der Waals surface area (Å²) < 4.78 is 0. The molecular formula is C8H8ClNO2S. The van der Waals surface area contributed by atoms with Crippen molar-refractivity contribution in [3.63, 3.8) is 0 Å². The quantitative estimate of drug-likeness (QED) is 0.443. The van der Waals surface area contributed by atoms with Crippen LogP contribution in [0, 0.1) is 10.1 Å². The molecule has 3 nitrogen and oxygen atoms in total. The van der Waals surface area contributed by atoms with Gasteiger partial charge in [-0.1, -0.05) is 24.6 Å². The maximum Gasteiger partial charge on any atom is 0.284 e. The van der Waals surface area contributed by atoms with E-state index < -0.39 is 4.92 Å². The first-order chi connectivity index (χ1) is 6.16. The molecule has 13 heavy (non-hydrogen) atoms. The molecule has 0 bridgehead atoms. The van der Waals surface area contributed by atoms with Gasteiger partial charge in [-0.3, -0.25) is 10.1 Å². The van der Waals surface area contributed by atoms with E-state index in [2.05, 4.69) is 0 Å². The summed E-state index contributed by atoms with van der Waals surface area (Å²) in [6.07, 6.45) is 0. The Kier molecular flexibility index (Phi) is 3.57. The summed E-state index contributed by atoms with van der Waals surface area (Å²) in [7, 11) is 0. The van der Waals surface area contributed by atoms with Crippen LogP contribution in [-0.2, 0) is 0 Å². The molecule has 0 fully saturated rings. The molecule has 0 spiro atoms. The van der Waals surface area contributed by atoms with Gasteiger partial charge in [-0.2, -0.15) is 0 Å². The second-order valence-corrected chi connectivity index (χ2v) is 3.96. The van der Waals surface area contributed by atoms with Gasteiger partial charge >= 0.3 is 0 Å². The smallest absolute Gasteiger partial charge is 0.258 e. The molecule has 0 unspecified atom stereocenters. The molecule has 1 aromatic rings. The van der Waals surface area contributed by atoms with E-state index in [-0.39, 0.29) is 5.69 Å². The summed E-state index contributed by atoms with van der Waals surface area (Å²) in [6.45, 7) is 1.93. The molecule has 0 heterocycles. The second kappa shape index (κ2) is 4.48. The van der Waals surface area contributed by atoms with Crippen molar-refractivity contribution in [3.8, 4) is 0 Å². The minimum atomic E-state index is -0.413. The lowest BCUT2D eigenvalue weighted by molar-refractivity contribution is -0.387. The molecule has 70 valence electrons.